The first-order chi connectivity index (χ1) is 11.2. The molecule has 0 saturated heterocycles. The van der Waals surface area contributed by atoms with Crippen LogP contribution >= 0.6 is 0 Å². The van der Waals surface area contributed by atoms with Crippen LogP contribution in [0, 0.1) is 0 Å². The van der Waals surface area contributed by atoms with Gasteiger partial charge in [0.05, 0.1) is 20.3 Å². The fourth-order valence-electron chi connectivity index (χ4n) is 3.30. The van der Waals surface area contributed by atoms with Gasteiger partial charge in [-0.2, -0.15) is 0 Å². The predicted octanol–water partition coefficient (Wildman–Crippen LogP) is 3.06. The smallest absolute Gasteiger partial charge is 0.130 e. The third-order valence-corrected chi connectivity index (χ3v) is 4.58. The molecule has 1 fully saturated rings. The topological polar surface area (TPSA) is 48.3 Å². The quantitative estimate of drug-likeness (QED) is 0.890. The normalized spacial score (nSPS) is 16.5. The van der Waals surface area contributed by atoms with Crippen molar-refractivity contribution < 1.29 is 9.47 Å². The average Bonchev–Trinajstić information content (AvgIpc) is 3.23. The van der Waals surface area contributed by atoms with Crippen molar-refractivity contribution in [3.05, 3.63) is 42.0 Å². The second-order valence-corrected chi connectivity index (χ2v) is 6.12. The maximum Gasteiger partial charge on any atom is 0.130 e. The Labute approximate surface area is 137 Å². The third kappa shape index (κ3) is 3.50. The Bertz CT molecular complexity index is 625. The van der Waals surface area contributed by atoms with Gasteiger partial charge in [-0.05, 0) is 30.5 Å². The molecule has 0 amide bonds. The van der Waals surface area contributed by atoms with Crippen molar-refractivity contribution in [2.75, 3.05) is 14.2 Å². The van der Waals surface area contributed by atoms with Crippen LogP contribution in [0.3, 0.4) is 0 Å². The summed E-state index contributed by atoms with van der Waals surface area (Å²) in [6, 6.07) is 6.58. The molecule has 124 valence electrons. The van der Waals surface area contributed by atoms with E-state index in [0.717, 1.165) is 22.9 Å². The van der Waals surface area contributed by atoms with E-state index >= 15 is 0 Å². The number of nitrogens with zero attached hydrogens (tertiary/aromatic N) is 2. The van der Waals surface area contributed by atoms with Crippen molar-refractivity contribution in [1.82, 2.24) is 14.9 Å². The molecule has 1 N–H and O–H groups in total. The molecule has 0 radical (unpaired) electrons. The van der Waals surface area contributed by atoms with Crippen LogP contribution in [0.4, 0.5) is 0 Å². The summed E-state index contributed by atoms with van der Waals surface area (Å²) in [6.45, 7) is 0. The Morgan fingerprint density at radius 1 is 1.13 bits per heavy atom. The van der Waals surface area contributed by atoms with E-state index < -0.39 is 0 Å². The number of imidazole rings is 1. The third-order valence-electron chi connectivity index (χ3n) is 4.58. The summed E-state index contributed by atoms with van der Waals surface area (Å²) in [7, 11) is 5.39. The van der Waals surface area contributed by atoms with Crippen LogP contribution in [0.1, 0.15) is 43.1 Å². The highest BCUT2D eigenvalue weighted by molar-refractivity contribution is 5.41. The summed E-state index contributed by atoms with van der Waals surface area (Å²) >= 11 is 0. The van der Waals surface area contributed by atoms with Gasteiger partial charge in [-0.25, -0.2) is 4.98 Å². The van der Waals surface area contributed by atoms with Crippen LogP contribution < -0.4 is 14.8 Å². The number of nitrogens with one attached hydrogen (secondary N) is 1. The molecule has 1 heterocycles. The van der Waals surface area contributed by atoms with Crippen LogP contribution in [0.25, 0.3) is 0 Å². The van der Waals surface area contributed by atoms with E-state index in [1.807, 2.05) is 25.5 Å². The van der Waals surface area contributed by atoms with Crippen molar-refractivity contribution in [3.63, 3.8) is 0 Å². The monoisotopic (exact) mass is 315 g/mol. The SMILES string of the molecule is COc1cc(OC)cc(C(NC2CCCC2)c2nccn2C)c1. The molecular weight excluding hydrogens is 290 g/mol. The van der Waals surface area contributed by atoms with Crippen molar-refractivity contribution in [3.8, 4) is 11.5 Å². The lowest BCUT2D eigenvalue weighted by atomic mass is 10.0. The first-order valence-corrected chi connectivity index (χ1v) is 8.17. The number of methoxy groups -OCH3 is 2. The first-order valence-electron chi connectivity index (χ1n) is 8.17. The fourth-order valence-corrected chi connectivity index (χ4v) is 3.30. The number of ether oxygens (including phenoxy) is 2. The minimum Gasteiger partial charge on any atom is -0.497 e. The molecule has 1 aromatic carbocycles. The van der Waals surface area contributed by atoms with Gasteiger partial charge in [-0.1, -0.05) is 12.8 Å². The maximum atomic E-state index is 5.43. The van der Waals surface area contributed by atoms with Crippen LogP contribution in [0.2, 0.25) is 0 Å². The summed E-state index contributed by atoms with van der Waals surface area (Å²) in [5, 5.41) is 3.78. The zero-order valence-electron chi connectivity index (χ0n) is 14.1. The molecule has 0 spiro atoms. The van der Waals surface area contributed by atoms with Crippen molar-refractivity contribution in [1.29, 1.82) is 0 Å². The van der Waals surface area contributed by atoms with E-state index in [1.165, 1.54) is 25.7 Å². The maximum absolute atomic E-state index is 5.43. The lowest BCUT2D eigenvalue weighted by Crippen LogP contribution is -2.33. The Kier molecular flexibility index (Phi) is 4.86. The summed E-state index contributed by atoms with van der Waals surface area (Å²) in [5.41, 5.74) is 1.11. The molecule has 1 unspecified atom stereocenters. The Morgan fingerprint density at radius 2 is 1.78 bits per heavy atom. The van der Waals surface area contributed by atoms with Gasteiger partial charge in [-0.15, -0.1) is 0 Å². The predicted molar refractivity (Wildman–Crippen MR) is 90.0 cm³/mol. The van der Waals surface area contributed by atoms with Crippen LogP contribution in [-0.2, 0) is 7.05 Å². The van der Waals surface area contributed by atoms with Gasteiger partial charge in [0, 0.05) is 31.5 Å². The van der Waals surface area contributed by atoms with E-state index in [2.05, 4.69) is 27.0 Å². The molecule has 1 aliphatic carbocycles. The average molecular weight is 315 g/mol. The molecule has 1 saturated carbocycles. The minimum atomic E-state index is 0.0297. The largest absolute Gasteiger partial charge is 0.497 e. The summed E-state index contributed by atoms with van der Waals surface area (Å²) < 4.78 is 12.9. The molecule has 1 aliphatic rings. The molecular formula is C18H25N3O2. The van der Waals surface area contributed by atoms with Gasteiger partial charge in [0.15, 0.2) is 0 Å². The molecule has 0 bridgehead atoms. The molecule has 23 heavy (non-hydrogen) atoms. The first kappa shape index (κ1) is 15.9. The molecule has 1 atom stereocenters. The zero-order chi connectivity index (χ0) is 16.2. The van der Waals surface area contributed by atoms with Crippen LogP contribution in [-0.4, -0.2) is 29.8 Å². The molecule has 3 rings (SSSR count). The lowest BCUT2D eigenvalue weighted by molar-refractivity contribution is 0.390. The van der Waals surface area contributed by atoms with Crippen molar-refractivity contribution in [2.24, 2.45) is 7.05 Å². The number of aryl methyl sites for hydroxylation is 1. The summed E-state index contributed by atoms with van der Waals surface area (Å²) in [4.78, 5) is 4.56. The molecule has 5 heteroatoms. The van der Waals surface area contributed by atoms with Gasteiger partial charge in [-0.3, -0.25) is 0 Å². The highest BCUT2D eigenvalue weighted by Gasteiger charge is 2.25. The van der Waals surface area contributed by atoms with Gasteiger partial charge in [0.25, 0.3) is 0 Å². The molecule has 5 nitrogen and oxygen atoms in total. The summed E-state index contributed by atoms with van der Waals surface area (Å²) in [5.74, 6) is 2.60. The number of rotatable bonds is 6. The standard InChI is InChI=1S/C18H25N3O2/c1-21-9-8-19-18(21)17(20-14-6-4-5-7-14)13-10-15(22-2)12-16(11-13)23-3/h8-12,14,17,20H,4-7H2,1-3H3. The van der Waals surface area contributed by atoms with Crippen LogP contribution in [0.15, 0.2) is 30.6 Å². The Morgan fingerprint density at radius 3 is 2.30 bits per heavy atom. The molecule has 1 aromatic heterocycles. The fraction of sp³-hybridized carbons (Fsp3) is 0.500. The number of hydrogen-bond acceptors (Lipinski definition) is 4. The highest BCUT2D eigenvalue weighted by Crippen LogP contribution is 2.31. The molecule has 0 aliphatic heterocycles. The Hall–Kier alpha value is -2.01. The second kappa shape index (κ2) is 7.04. The van der Waals surface area contributed by atoms with Crippen LogP contribution in [0.5, 0.6) is 11.5 Å². The van der Waals surface area contributed by atoms with E-state index in [-0.39, 0.29) is 6.04 Å². The van der Waals surface area contributed by atoms with Crippen molar-refractivity contribution in [2.45, 2.75) is 37.8 Å². The number of benzene rings is 1. The van der Waals surface area contributed by atoms with E-state index in [1.54, 1.807) is 14.2 Å². The van der Waals surface area contributed by atoms with Gasteiger partial charge in [0.1, 0.15) is 17.3 Å². The van der Waals surface area contributed by atoms with Gasteiger partial charge >= 0.3 is 0 Å². The lowest BCUT2D eigenvalue weighted by Gasteiger charge is -2.24. The van der Waals surface area contributed by atoms with E-state index in [4.69, 9.17) is 9.47 Å². The second-order valence-electron chi connectivity index (χ2n) is 6.12. The number of aromatic nitrogens is 2. The Balaban J connectivity index is 1.98. The van der Waals surface area contributed by atoms with Gasteiger partial charge < -0.3 is 19.4 Å². The molecule has 2 aromatic rings. The summed E-state index contributed by atoms with van der Waals surface area (Å²) in [6.07, 6.45) is 8.87. The van der Waals surface area contributed by atoms with Gasteiger partial charge in [0.2, 0.25) is 0 Å². The minimum absolute atomic E-state index is 0.0297. The zero-order valence-corrected chi connectivity index (χ0v) is 14.1. The van der Waals surface area contributed by atoms with E-state index in [0.29, 0.717) is 6.04 Å². The van der Waals surface area contributed by atoms with E-state index in [9.17, 15) is 0 Å². The van der Waals surface area contributed by atoms with Crippen molar-refractivity contribution >= 4 is 0 Å². The highest BCUT2D eigenvalue weighted by atomic mass is 16.5. The number of hydrogen-bond donors (Lipinski definition) is 1.